The molecule has 0 atom stereocenters. The Morgan fingerprint density at radius 3 is 1.25 bits per heavy atom. The van der Waals surface area contributed by atoms with Crippen LogP contribution in [0, 0.1) is 0 Å². The zero-order valence-electron chi connectivity index (χ0n) is 7.41. The Morgan fingerprint density at radius 2 is 1.25 bits per heavy atom. The second-order valence-electron chi connectivity index (χ2n) is 0. The molecule has 0 aliphatic rings. The molecule has 0 rings (SSSR count). The maximum absolute atomic E-state index is 0. The second-order valence-corrected chi connectivity index (χ2v) is 0. The molecule has 0 saturated carbocycles. The summed E-state index contributed by atoms with van der Waals surface area (Å²) in [4.78, 5) is 0. The van der Waals surface area contributed by atoms with Crippen LogP contribution in [-0.4, -0.2) is 123 Å². The molecule has 4 heavy (non-hydrogen) atoms. The van der Waals surface area contributed by atoms with E-state index in [1.807, 2.05) is 0 Å². The van der Waals surface area contributed by atoms with E-state index in [2.05, 4.69) is 0 Å². The zero-order valence-corrected chi connectivity index (χ0v) is 15.3. The standard InChI is InChI=1S/Al.Ba.H3Si.Sr.6H/h;;1H3;;;;;;;/q;+2;;+2;;;4*-1. The van der Waals surface area contributed by atoms with E-state index in [0.717, 1.165) is 0 Å². The molecule has 0 aliphatic heterocycles. The van der Waals surface area contributed by atoms with Crippen LogP contribution in [0.1, 0.15) is 5.71 Å². The molecule has 0 amide bonds. The summed E-state index contributed by atoms with van der Waals surface area (Å²) in [5.74, 6) is 0. The van der Waals surface area contributed by atoms with E-state index in [1.54, 1.807) is 0 Å². The van der Waals surface area contributed by atoms with Crippen LogP contribution in [0.4, 0.5) is 0 Å². The van der Waals surface area contributed by atoms with E-state index in [9.17, 15) is 0 Å². The quantitative estimate of drug-likeness (QED) is 0.436. The van der Waals surface area contributed by atoms with Gasteiger partial charge in [0.15, 0.2) is 0 Å². The first-order valence-electron chi connectivity index (χ1n) is 0. The van der Waals surface area contributed by atoms with E-state index in [4.69, 9.17) is 0 Å². The van der Waals surface area contributed by atoms with Crippen LogP contribution in [-0.2, 0) is 0 Å². The fourth-order valence-electron chi connectivity index (χ4n) is 0. The molecule has 0 N–H and O–H groups in total. The number of hydrogen-bond acceptors (Lipinski definition) is 0. The summed E-state index contributed by atoms with van der Waals surface area (Å²) in [5.41, 5.74) is 0. The summed E-state index contributed by atoms with van der Waals surface area (Å²) in [6.45, 7) is 0. The van der Waals surface area contributed by atoms with Crippen LogP contribution >= 0.6 is 0 Å². The first kappa shape index (κ1) is 25.0. The molecule has 0 bridgehead atoms. The van der Waals surface area contributed by atoms with Gasteiger partial charge in [0.25, 0.3) is 0 Å². The van der Waals surface area contributed by atoms with E-state index in [0.29, 0.717) is 0 Å². The molecule has 0 heterocycles. The summed E-state index contributed by atoms with van der Waals surface area (Å²) in [6.07, 6.45) is 0. The minimum absolute atomic E-state index is 0. The molecule has 0 nitrogen and oxygen atoms in total. The van der Waals surface area contributed by atoms with Crippen LogP contribution in [0.5, 0.6) is 0 Å². The third kappa shape index (κ3) is 9.26. The predicted molar refractivity (Wildman–Crippen MR) is 34.4 cm³/mol. The zero-order chi connectivity index (χ0) is 0. The molecule has 20 valence electrons. The van der Waals surface area contributed by atoms with Crippen LogP contribution in [0.25, 0.3) is 0 Å². The van der Waals surface area contributed by atoms with Crippen molar-refractivity contribution in [1.82, 2.24) is 0 Å². The predicted octanol–water partition coefficient (Wildman–Crippen LogP) is -2.41. The smallest absolute Gasteiger partial charge is 1.00 e. The topological polar surface area (TPSA) is 0 Å². The Hall–Kier alpha value is 3.80. The monoisotopic (exact) mass is 290 g/mol. The van der Waals surface area contributed by atoms with Gasteiger partial charge in [-0.05, 0) is 11.0 Å². The Balaban J connectivity index is 0. The molecular weight excluding hydrogens is 280 g/mol. The molecule has 0 aliphatic carbocycles. The Bertz CT molecular complexity index is 16.0. The molecule has 2 radical (unpaired) electrons. The van der Waals surface area contributed by atoms with Crippen molar-refractivity contribution in [3.05, 3.63) is 0 Å². The summed E-state index contributed by atoms with van der Waals surface area (Å²) in [6, 6.07) is 0. The molecule has 0 spiro atoms. The van der Waals surface area contributed by atoms with Crippen LogP contribution in [0.15, 0.2) is 0 Å². The van der Waals surface area contributed by atoms with Gasteiger partial charge in [-0.15, -0.1) is 0 Å². The van der Waals surface area contributed by atoms with Gasteiger partial charge in [-0.1, -0.05) is 0 Å². The van der Waals surface area contributed by atoms with Crippen molar-refractivity contribution in [1.29, 1.82) is 0 Å². The second kappa shape index (κ2) is 15.8. The molecule has 0 aromatic carbocycles. The van der Waals surface area contributed by atoms with Crippen LogP contribution in [0.3, 0.4) is 0 Å². The van der Waals surface area contributed by atoms with Gasteiger partial charge >= 0.3 is 94.4 Å². The fraction of sp³-hybridized carbons (Fsp3) is 0. The minimum atomic E-state index is 0. The van der Waals surface area contributed by atoms with Gasteiger partial charge in [0, 0.05) is 0 Å². The average Bonchev–Trinajstić information content (AvgIpc) is 0. The van der Waals surface area contributed by atoms with E-state index >= 15 is 0 Å². The Morgan fingerprint density at radius 1 is 1.25 bits per heavy atom. The van der Waals surface area contributed by atoms with E-state index in [-0.39, 0.29) is 128 Å². The van der Waals surface area contributed by atoms with Crippen molar-refractivity contribution in [3.8, 4) is 0 Å². The van der Waals surface area contributed by atoms with Gasteiger partial charge in [0.05, 0.1) is 0 Å². The molecular formula is H9AlBaSiSr. The van der Waals surface area contributed by atoms with Crippen molar-refractivity contribution in [2.45, 2.75) is 0 Å². The summed E-state index contributed by atoms with van der Waals surface area (Å²) >= 11 is 0. The van der Waals surface area contributed by atoms with Gasteiger partial charge in [-0.2, -0.15) is 0 Å². The van der Waals surface area contributed by atoms with Gasteiger partial charge in [-0.3, -0.25) is 0 Å². The van der Waals surface area contributed by atoms with Crippen LogP contribution in [0.2, 0.25) is 0 Å². The van der Waals surface area contributed by atoms with Gasteiger partial charge in [0.2, 0.25) is 0 Å². The van der Waals surface area contributed by atoms with E-state index < -0.39 is 0 Å². The first-order valence-corrected chi connectivity index (χ1v) is 0. The maximum Gasteiger partial charge on any atom is 2.00 e. The molecule has 4 heteroatoms. The van der Waals surface area contributed by atoms with Crippen molar-refractivity contribution in [3.63, 3.8) is 0 Å². The Labute approximate surface area is 125 Å². The van der Waals surface area contributed by atoms with Crippen molar-refractivity contribution < 1.29 is 5.71 Å². The largest absolute Gasteiger partial charge is 2.00 e. The van der Waals surface area contributed by atoms with Gasteiger partial charge in [-0.25, -0.2) is 0 Å². The van der Waals surface area contributed by atoms with E-state index in [1.165, 1.54) is 0 Å². The number of hydrogen-bond donors (Lipinski definition) is 0. The normalized spacial score (nSPS) is 0. The molecule has 0 saturated heterocycles. The summed E-state index contributed by atoms with van der Waals surface area (Å²) in [7, 11) is 0. The molecule has 0 fully saturated rings. The van der Waals surface area contributed by atoms with Gasteiger partial charge in [0.1, 0.15) is 17.4 Å². The van der Waals surface area contributed by atoms with Crippen molar-refractivity contribution >= 4 is 123 Å². The molecule has 0 unspecified atom stereocenters. The SMILES string of the molecule is [AlH2].[Ba+2].[H-].[H-].[H-].[H-].[SiH3].[Sr+2]. The number of rotatable bonds is 0. The third-order valence-corrected chi connectivity index (χ3v) is 0. The third-order valence-electron chi connectivity index (χ3n) is 0. The molecule has 0 aromatic heterocycles. The first-order chi connectivity index (χ1) is 0. The minimum Gasteiger partial charge on any atom is -1.00 e. The summed E-state index contributed by atoms with van der Waals surface area (Å²) in [5, 5.41) is 0. The average molecular weight is 289 g/mol. The maximum atomic E-state index is 0. The Kier molecular flexibility index (Phi) is 98.9. The molecule has 0 aromatic rings. The summed E-state index contributed by atoms with van der Waals surface area (Å²) < 4.78 is 0. The van der Waals surface area contributed by atoms with Crippen molar-refractivity contribution in [2.75, 3.05) is 0 Å². The van der Waals surface area contributed by atoms with Crippen LogP contribution < -0.4 is 0 Å². The van der Waals surface area contributed by atoms with Gasteiger partial charge < -0.3 is 5.71 Å². The van der Waals surface area contributed by atoms with Crippen molar-refractivity contribution in [2.24, 2.45) is 0 Å². The fourth-order valence-corrected chi connectivity index (χ4v) is 0.